The average Bonchev–Trinajstić information content (AvgIpc) is 3.09. The Morgan fingerprint density at radius 3 is 0.860 bits per heavy atom. The highest BCUT2D eigenvalue weighted by atomic mass is 16.5. The first-order valence-corrected chi connectivity index (χ1v) is 21.4. The van der Waals surface area contributed by atoms with E-state index >= 15 is 0 Å². The Kier molecular flexibility index (Phi) is 13.2. The Morgan fingerprint density at radius 2 is 0.632 bits per heavy atom. The van der Waals surface area contributed by atoms with Gasteiger partial charge in [0.25, 0.3) is 0 Å². The lowest BCUT2D eigenvalue weighted by Crippen LogP contribution is -2.17. The van der Waals surface area contributed by atoms with Crippen LogP contribution < -0.4 is 14.2 Å². The van der Waals surface area contributed by atoms with Gasteiger partial charge in [-0.1, -0.05) is 145 Å². The summed E-state index contributed by atoms with van der Waals surface area (Å²) in [5, 5.41) is 22.5. The monoisotopic (exact) mass is 777 g/mol. The maximum absolute atomic E-state index is 12.4. The third kappa shape index (κ3) is 10.4. The maximum Gasteiger partial charge on any atom is 0.126 e. The molecule has 1 aliphatic rings. The summed E-state index contributed by atoms with van der Waals surface area (Å²) >= 11 is 0. The fraction of sp³-hybridized carbons (Fsp3) is 0.538. The third-order valence-corrected chi connectivity index (χ3v) is 11.2. The molecule has 0 fully saturated rings. The number of aromatic hydroxyl groups is 1. The van der Waals surface area contributed by atoms with E-state index in [1.54, 1.807) is 0 Å². The van der Waals surface area contributed by atoms with Gasteiger partial charge in [0.1, 0.15) is 29.6 Å². The largest absolute Gasteiger partial charge is 0.507 e. The topological polar surface area (TPSA) is 68.2 Å². The molecule has 1 aliphatic carbocycles. The van der Waals surface area contributed by atoms with Crippen LogP contribution in [-0.4, -0.2) is 36.6 Å². The van der Waals surface area contributed by atoms with Gasteiger partial charge in [-0.15, -0.1) is 0 Å². The normalized spacial score (nSPS) is 13.7. The van der Waals surface area contributed by atoms with E-state index < -0.39 is 0 Å². The van der Waals surface area contributed by atoms with Crippen molar-refractivity contribution in [1.82, 2.24) is 0 Å². The number of hydrogen-bond acceptors (Lipinski definition) is 5. The number of aliphatic hydroxyl groups is 1. The summed E-state index contributed by atoms with van der Waals surface area (Å²) in [5.41, 5.74) is 12.6. The second kappa shape index (κ2) is 17.1. The van der Waals surface area contributed by atoms with E-state index in [1.165, 1.54) is 22.3 Å². The van der Waals surface area contributed by atoms with Gasteiger partial charge in [-0.3, -0.25) is 0 Å². The summed E-state index contributed by atoms with van der Waals surface area (Å²) < 4.78 is 20.2. The van der Waals surface area contributed by atoms with Crippen LogP contribution in [-0.2, 0) is 47.3 Å². The van der Waals surface area contributed by atoms with Crippen LogP contribution in [0.1, 0.15) is 177 Å². The minimum Gasteiger partial charge on any atom is -0.507 e. The minimum atomic E-state index is -0.158. The summed E-state index contributed by atoms with van der Waals surface area (Å²) in [4.78, 5) is 0. The zero-order valence-corrected chi connectivity index (χ0v) is 37.8. The van der Waals surface area contributed by atoms with Crippen LogP contribution in [0.25, 0.3) is 0 Å². The van der Waals surface area contributed by atoms with E-state index in [4.69, 9.17) is 14.2 Å². The molecule has 2 N–H and O–H groups in total. The lowest BCUT2D eigenvalue weighted by Gasteiger charge is -2.29. The Bertz CT molecular complexity index is 1920. The van der Waals surface area contributed by atoms with Crippen molar-refractivity contribution in [2.75, 3.05) is 26.4 Å². The Labute approximate surface area is 345 Å². The Hall–Kier alpha value is -3.96. The average molecular weight is 777 g/mol. The van der Waals surface area contributed by atoms with Crippen molar-refractivity contribution in [1.29, 1.82) is 0 Å². The van der Waals surface area contributed by atoms with Crippen LogP contribution in [0.15, 0.2) is 48.5 Å². The molecule has 5 rings (SSSR count). The number of ether oxygens (including phenoxy) is 3. The predicted octanol–water partition coefficient (Wildman–Crippen LogP) is 12.2. The number of phenolic OH excluding ortho intramolecular Hbond substituents is 1. The first kappa shape index (κ1) is 44.1. The molecule has 0 aromatic heterocycles. The molecular weight excluding hydrogens is 705 g/mol. The predicted molar refractivity (Wildman–Crippen MR) is 238 cm³/mol. The first-order valence-electron chi connectivity index (χ1n) is 21.4. The molecule has 0 heterocycles. The molecule has 0 saturated carbocycles. The van der Waals surface area contributed by atoms with Gasteiger partial charge >= 0.3 is 0 Å². The molecule has 0 aliphatic heterocycles. The molecule has 0 saturated heterocycles. The van der Waals surface area contributed by atoms with Crippen LogP contribution in [0.3, 0.4) is 0 Å². The number of rotatable bonds is 9. The Balaban J connectivity index is 1.98. The minimum absolute atomic E-state index is 0.0972. The zero-order chi connectivity index (χ0) is 42.1. The highest BCUT2D eigenvalue weighted by Crippen LogP contribution is 2.44. The van der Waals surface area contributed by atoms with E-state index in [0.717, 1.165) is 74.6 Å². The number of hydrogen-bond donors (Lipinski definition) is 2. The van der Waals surface area contributed by atoms with E-state index in [9.17, 15) is 10.2 Å². The van der Waals surface area contributed by atoms with Gasteiger partial charge in [-0.05, 0) is 101 Å². The molecule has 5 heteroatoms. The van der Waals surface area contributed by atoms with E-state index in [0.29, 0.717) is 44.6 Å². The van der Waals surface area contributed by atoms with E-state index in [-0.39, 0.29) is 34.9 Å². The standard InChI is InChI=1S/C52H72O5/c1-15-18-55-46-35-21-33-25-41(49(3,4)5)26-34(45(33)54)22-36-28-43(51(9,10)11)32-40(48(36)57-20-17-53)24-39-31-44(52(12,13)14)30-38(47(39)56-19-16-2)23-37(46)29-42(27-35)50(6,7)8/h25-32,53-54H,15-24H2,1-14H3. The number of benzene rings is 4. The van der Waals surface area contributed by atoms with Crippen LogP contribution in [0.5, 0.6) is 23.0 Å². The first-order chi connectivity index (χ1) is 26.5. The lowest BCUT2D eigenvalue weighted by atomic mass is 9.79. The summed E-state index contributed by atoms with van der Waals surface area (Å²) in [7, 11) is 0. The van der Waals surface area contributed by atoms with Gasteiger partial charge in [0.2, 0.25) is 0 Å². The van der Waals surface area contributed by atoms with E-state index in [1.807, 2.05) is 0 Å². The molecule has 0 spiro atoms. The smallest absolute Gasteiger partial charge is 0.126 e. The van der Waals surface area contributed by atoms with Gasteiger partial charge in [0.15, 0.2) is 0 Å². The van der Waals surface area contributed by atoms with Gasteiger partial charge < -0.3 is 24.4 Å². The molecule has 0 radical (unpaired) electrons. The molecule has 4 aromatic rings. The second-order valence-electron chi connectivity index (χ2n) is 20.5. The number of aliphatic hydroxyl groups excluding tert-OH is 1. The molecule has 310 valence electrons. The van der Waals surface area contributed by atoms with Crippen molar-refractivity contribution >= 4 is 0 Å². The third-order valence-electron chi connectivity index (χ3n) is 11.2. The van der Waals surface area contributed by atoms with Crippen molar-refractivity contribution in [3.8, 4) is 23.0 Å². The van der Waals surface area contributed by atoms with Crippen LogP contribution in [0, 0.1) is 0 Å². The number of phenols is 1. The van der Waals surface area contributed by atoms with E-state index in [2.05, 4.69) is 145 Å². The summed E-state index contributed by atoms with van der Waals surface area (Å²) in [6.07, 6.45) is 3.98. The lowest BCUT2D eigenvalue weighted by molar-refractivity contribution is 0.199. The van der Waals surface area contributed by atoms with Crippen molar-refractivity contribution in [3.05, 3.63) is 115 Å². The van der Waals surface area contributed by atoms with Gasteiger partial charge in [-0.2, -0.15) is 0 Å². The highest BCUT2D eigenvalue weighted by molar-refractivity contribution is 5.59. The maximum atomic E-state index is 12.4. The summed E-state index contributed by atoms with van der Waals surface area (Å²) in [6.45, 7) is 32.7. The van der Waals surface area contributed by atoms with Gasteiger partial charge in [0, 0.05) is 25.7 Å². The molecule has 0 atom stereocenters. The fourth-order valence-corrected chi connectivity index (χ4v) is 7.75. The molecule has 0 unspecified atom stereocenters. The molecule has 5 nitrogen and oxygen atoms in total. The molecule has 57 heavy (non-hydrogen) atoms. The van der Waals surface area contributed by atoms with Crippen molar-refractivity contribution in [3.63, 3.8) is 0 Å². The van der Waals surface area contributed by atoms with Crippen LogP contribution in [0.2, 0.25) is 0 Å². The van der Waals surface area contributed by atoms with Gasteiger partial charge in [-0.25, -0.2) is 0 Å². The summed E-state index contributed by atoms with van der Waals surface area (Å²) in [6, 6.07) is 18.3. The molecule has 0 amide bonds. The van der Waals surface area contributed by atoms with Gasteiger partial charge in [0.05, 0.1) is 19.8 Å². The molecular formula is C52H72O5. The summed E-state index contributed by atoms with van der Waals surface area (Å²) in [5.74, 6) is 2.91. The van der Waals surface area contributed by atoms with Crippen molar-refractivity contribution in [2.24, 2.45) is 0 Å². The van der Waals surface area contributed by atoms with Crippen molar-refractivity contribution < 1.29 is 24.4 Å². The Morgan fingerprint density at radius 1 is 0.404 bits per heavy atom. The molecule has 4 aromatic carbocycles. The highest BCUT2D eigenvalue weighted by Gasteiger charge is 2.29. The quantitative estimate of drug-likeness (QED) is 0.156. The van der Waals surface area contributed by atoms with Crippen LogP contribution >= 0.6 is 0 Å². The van der Waals surface area contributed by atoms with Crippen molar-refractivity contribution in [2.45, 2.75) is 157 Å². The van der Waals surface area contributed by atoms with Crippen LogP contribution in [0.4, 0.5) is 0 Å². The zero-order valence-electron chi connectivity index (χ0n) is 37.8. The second-order valence-corrected chi connectivity index (χ2v) is 20.5. The molecule has 8 bridgehead atoms. The SMILES string of the molecule is CCCOc1c2cc(C(C)(C)C)cc1Cc1cc(C(C)(C)C)cc(c1OCCC)Cc1cc(C(C)(C)C)cc(c1OCCO)Cc1cc(C(C)(C)C)cc(c1O)C2. The number of fused-ring (bicyclic) bond motifs is 8. The fourth-order valence-electron chi connectivity index (χ4n) is 7.75.